The second kappa shape index (κ2) is 6.92. The van der Waals surface area contributed by atoms with Gasteiger partial charge in [0.25, 0.3) is 0 Å². The van der Waals surface area contributed by atoms with Gasteiger partial charge in [-0.2, -0.15) is 5.10 Å². The van der Waals surface area contributed by atoms with Gasteiger partial charge in [0.15, 0.2) is 0 Å². The Bertz CT molecular complexity index is 906. The van der Waals surface area contributed by atoms with Crippen LogP contribution in [0.2, 0.25) is 0 Å². The van der Waals surface area contributed by atoms with Crippen LogP contribution in [0.15, 0.2) is 64.5 Å². The fourth-order valence-electron chi connectivity index (χ4n) is 3.66. The number of allylic oxidation sites excluding steroid dienone is 2. The molecule has 1 heterocycles. The quantitative estimate of drug-likeness (QED) is 0.560. The molecule has 3 atom stereocenters. The van der Waals surface area contributed by atoms with Crippen molar-refractivity contribution in [1.29, 1.82) is 0 Å². The molecule has 0 radical (unpaired) electrons. The number of aromatic nitrogens is 1. The van der Waals surface area contributed by atoms with E-state index < -0.39 is 0 Å². The number of hydrogen-bond acceptors (Lipinski definition) is 3. The molecule has 128 valence electrons. The Morgan fingerprint density at radius 2 is 2.16 bits per heavy atom. The molecule has 0 amide bonds. The van der Waals surface area contributed by atoms with Crippen LogP contribution in [0.4, 0.5) is 4.39 Å². The van der Waals surface area contributed by atoms with Gasteiger partial charge in [-0.05, 0) is 36.8 Å². The summed E-state index contributed by atoms with van der Waals surface area (Å²) in [5, 5.41) is 6.63. The smallest absolute Gasteiger partial charge is 0.206 e. The molecular formula is C20H20FN3S. The molecule has 3 nitrogen and oxygen atoms in total. The lowest BCUT2D eigenvalue weighted by Gasteiger charge is -2.12. The van der Waals surface area contributed by atoms with Crippen molar-refractivity contribution >= 4 is 17.6 Å². The second-order valence-corrected chi connectivity index (χ2v) is 7.37. The van der Waals surface area contributed by atoms with Crippen LogP contribution in [-0.2, 0) is 0 Å². The zero-order valence-corrected chi connectivity index (χ0v) is 14.7. The summed E-state index contributed by atoms with van der Waals surface area (Å²) >= 11 is 1.47. The lowest BCUT2D eigenvalue weighted by atomic mass is 9.95. The van der Waals surface area contributed by atoms with Gasteiger partial charge < -0.3 is 0 Å². The molecule has 0 saturated heterocycles. The van der Waals surface area contributed by atoms with Crippen LogP contribution < -0.4 is 4.80 Å². The van der Waals surface area contributed by atoms with Crippen LogP contribution in [0.25, 0.3) is 11.3 Å². The third-order valence-electron chi connectivity index (χ3n) is 4.89. The minimum atomic E-state index is -0.248. The van der Waals surface area contributed by atoms with Crippen LogP contribution in [0.3, 0.4) is 0 Å². The fourth-order valence-corrected chi connectivity index (χ4v) is 4.50. The zero-order chi connectivity index (χ0) is 17.2. The maximum absolute atomic E-state index is 14.3. The summed E-state index contributed by atoms with van der Waals surface area (Å²) in [5.74, 6) is 1.51. The summed E-state index contributed by atoms with van der Waals surface area (Å²) in [6.07, 6.45) is 10.8. The van der Waals surface area contributed by atoms with Crippen molar-refractivity contribution in [2.75, 3.05) is 6.54 Å². The Morgan fingerprint density at radius 3 is 2.88 bits per heavy atom. The molecule has 1 fully saturated rings. The Hall–Kier alpha value is -2.27. The van der Waals surface area contributed by atoms with Crippen molar-refractivity contribution in [3.63, 3.8) is 0 Å². The minimum Gasteiger partial charge on any atom is -0.253 e. The zero-order valence-electron chi connectivity index (χ0n) is 13.9. The first kappa shape index (κ1) is 16.2. The molecule has 0 N–H and O–H groups in total. The van der Waals surface area contributed by atoms with Gasteiger partial charge in [0.05, 0.1) is 12.2 Å². The summed E-state index contributed by atoms with van der Waals surface area (Å²) in [7, 11) is 0. The number of thiazole rings is 1. The SMILES string of the molecule is C=CCN=c1scc(-c2ccccc2F)n1N=CC1CC2C=CC1C2. The molecule has 0 spiro atoms. The number of nitrogens with zero attached hydrogens (tertiary/aromatic N) is 3. The van der Waals surface area contributed by atoms with Gasteiger partial charge in [0, 0.05) is 23.1 Å². The standard InChI is InChI=1S/C20H20FN3S/c1-2-9-22-20-24(23-12-16-11-14-7-8-15(16)10-14)19(13-25-20)17-5-3-4-6-18(17)21/h2-8,12-16H,1,9-11H2. The Kier molecular flexibility index (Phi) is 4.49. The summed E-state index contributed by atoms with van der Waals surface area (Å²) in [4.78, 5) is 5.26. The molecule has 2 aliphatic carbocycles. The highest BCUT2D eigenvalue weighted by molar-refractivity contribution is 7.07. The van der Waals surface area contributed by atoms with E-state index in [4.69, 9.17) is 5.10 Å². The monoisotopic (exact) mass is 353 g/mol. The van der Waals surface area contributed by atoms with Gasteiger partial charge in [-0.1, -0.05) is 30.4 Å². The molecule has 25 heavy (non-hydrogen) atoms. The van der Waals surface area contributed by atoms with Crippen LogP contribution in [0, 0.1) is 23.6 Å². The Morgan fingerprint density at radius 1 is 1.28 bits per heavy atom. The van der Waals surface area contributed by atoms with E-state index in [1.165, 1.54) is 23.8 Å². The molecule has 2 aliphatic rings. The van der Waals surface area contributed by atoms with Crippen molar-refractivity contribution < 1.29 is 4.39 Å². The molecule has 0 aliphatic heterocycles. The lowest BCUT2D eigenvalue weighted by Crippen LogP contribution is -2.15. The Balaban J connectivity index is 1.73. The van der Waals surface area contributed by atoms with E-state index in [1.807, 2.05) is 17.7 Å². The number of fused-ring (bicyclic) bond motifs is 2. The molecular weight excluding hydrogens is 333 g/mol. The van der Waals surface area contributed by atoms with E-state index in [0.717, 1.165) is 16.9 Å². The third kappa shape index (κ3) is 3.16. The van der Waals surface area contributed by atoms with E-state index in [0.29, 0.717) is 29.9 Å². The molecule has 4 rings (SSSR count). The van der Waals surface area contributed by atoms with Crippen LogP contribution >= 0.6 is 11.3 Å². The van der Waals surface area contributed by atoms with E-state index in [-0.39, 0.29) is 5.82 Å². The number of hydrogen-bond donors (Lipinski definition) is 0. The van der Waals surface area contributed by atoms with Gasteiger partial charge in [0.2, 0.25) is 4.80 Å². The summed E-state index contributed by atoms with van der Waals surface area (Å²) in [5.41, 5.74) is 1.28. The fraction of sp³-hybridized carbons (Fsp3) is 0.300. The number of rotatable bonds is 5. The van der Waals surface area contributed by atoms with Crippen LogP contribution in [-0.4, -0.2) is 17.4 Å². The predicted molar refractivity (Wildman–Crippen MR) is 101 cm³/mol. The summed E-state index contributed by atoms with van der Waals surface area (Å²) in [6.45, 7) is 4.23. The summed E-state index contributed by atoms with van der Waals surface area (Å²) < 4.78 is 16.0. The molecule has 2 aromatic rings. The first-order valence-corrected chi connectivity index (χ1v) is 9.44. The van der Waals surface area contributed by atoms with Crippen molar-refractivity contribution in [2.45, 2.75) is 12.8 Å². The van der Waals surface area contributed by atoms with Crippen molar-refractivity contribution in [2.24, 2.45) is 27.8 Å². The van der Waals surface area contributed by atoms with Gasteiger partial charge in [-0.3, -0.25) is 4.99 Å². The molecule has 1 saturated carbocycles. The van der Waals surface area contributed by atoms with E-state index in [1.54, 1.807) is 22.9 Å². The average Bonchev–Trinajstić information content (AvgIpc) is 3.34. The lowest BCUT2D eigenvalue weighted by molar-refractivity contribution is 0.589. The molecule has 1 aromatic heterocycles. The first-order valence-electron chi connectivity index (χ1n) is 8.56. The average molecular weight is 353 g/mol. The highest BCUT2D eigenvalue weighted by atomic mass is 32.1. The molecule has 2 bridgehead atoms. The van der Waals surface area contributed by atoms with Crippen LogP contribution in [0.5, 0.6) is 0 Å². The van der Waals surface area contributed by atoms with E-state index >= 15 is 0 Å². The maximum Gasteiger partial charge on any atom is 0.206 e. The second-order valence-electron chi connectivity index (χ2n) is 6.53. The molecule has 5 heteroatoms. The minimum absolute atomic E-state index is 0.248. The highest BCUT2D eigenvalue weighted by Crippen LogP contribution is 2.42. The van der Waals surface area contributed by atoms with Crippen molar-refractivity contribution in [3.05, 3.63) is 65.1 Å². The van der Waals surface area contributed by atoms with E-state index in [9.17, 15) is 4.39 Å². The normalized spacial score (nSPS) is 25.3. The van der Waals surface area contributed by atoms with Crippen LogP contribution in [0.1, 0.15) is 12.8 Å². The highest BCUT2D eigenvalue weighted by Gasteiger charge is 2.34. The number of halogens is 1. The van der Waals surface area contributed by atoms with Gasteiger partial charge in [-0.15, -0.1) is 17.9 Å². The largest absolute Gasteiger partial charge is 0.253 e. The van der Waals surface area contributed by atoms with Gasteiger partial charge in [0.1, 0.15) is 5.82 Å². The third-order valence-corrected chi connectivity index (χ3v) is 5.75. The molecule has 3 unspecified atom stereocenters. The maximum atomic E-state index is 14.3. The van der Waals surface area contributed by atoms with Crippen molar-refractivity contribution in [1.82, 2.24) is 4.68 Å². The first-order chi connectivity index (χ1) is 12.3. The predicted octanol–water partition coefficient (Wildman–Crippen LogP) is 4.49. The Labute approximate surface area is 150 Å². The summed E-state index contributed by atoms with van der Waals surface area (Å²) in [6, 6.07) is 6.79. The van der Waals surface area contributed by atoms with Crippen molar-refractivity contribution in [3.8, 4) is 11.3 Å². The topological polar surface area (TPSA) is 29.6 Å². The van der Waals surface area contributed by atoms with Gasteiger partial charge >= 0.3 is 0 Å². The number of benzene rings is 1. The molecule has 1 aromatic carbocycles. The van der Waals surface area contributed by atoms with Gasteiger partial charge in [-0.25, -0.2) is 9.07 Å². The van der Waals surface area contributed by atoms with E-state index in [2.05, 4.69) is 23.7 Å².